The maximum atomic E-state index is 2.21. The fourth-order valence-corrected chi connectivity index (χ4v) is 5.77. The lowest BCUT2D eigenvalue weighted by atomic mass is 10.8. The average molecular weight is 277 g/mol. The van der Waals surface area contributed by atoms with Crippen molar-refractivity contribution in [3.8, 4) is 0 Å². The second kappa shape index (κ2) is 12.8. The molecular weight excluding hydrogens is 264 g/mol. The second-order valence-corrected chi connectivity index (χ2v) is 10.2. The molecule has 0 aliphatic heterocycles. The van der Waals surface area contributed by atoms with Crippen LogP contribution in [0.1, 0.15) is 6.92 Å². The highest BCUT2D eigenvalue weighted by atomic mass is 33.5. The molecule has 0 unspecified atom stereocenters. The van der Waals surface area contributed by atoms with Crippen LogP contribution >= 0.6 is 62.8 Å². The molecule has 0 atom stereocenters. The Bertz CT molecular complexity index is 92.2. The van der Waals surface area contributed by atoms with Crippen molar-refractivity contribution >= 4 is 62.8 Å². The molecule has 0 amide bonds. The van der Waals surface area contributed by atoms with E-state index in [1.807, 2.05) is 41.2 Å². The van der Waals surface area contributed by atoms with Crippen LogP contribution in [0.5, 0.6) is 0 Å². The van der Waals surface area contributed by atoms with Crippen molar-refractivity contribution in [2.24, 2.45) is 0 Å². The maximum Gasteiger partial charge on any atom is 0.0234 e. The highest BCUT2D eigenvalue weighted by Crippen LogP contribution is 2.36. The second-order valence-electron chi connectivity index (χ2n) is 1.46. The molecule has 0 fully saturated rings. The summed E-state index contributed by atoms with van der Waals surface area (Å²) in [6, 6.07) is 0. The molecule has 0 aromatic carbocycles. The molecule has 0 aromatic heterocycles. The molecule has 0 aromatic rings. The van der Waals surface area contributed by atoms with Crippen molar-refractivity contribution in [2.75, 3.05) is 17.8 Å². The van der Waals surface area contributed by atoms with Crippen LogP contribution in [0, 0.1) is 0 Å². The first kappa shape index (κ1) is 13.8. The van der Waals surface area contributed by atoms with Gasteiger partial charge in [-0.1, -0.05) is 56.2 Å². The first-order valence-corrected chi connectivity index (χ1v) is 11.1. The summed E-state index contributed by atoms with van der Waals surface area (Å²) in [7, 11) is 11.1. The fraction of sp³-hybridized carbons (Fsp3) is 0.667. The summed E-state index contributed by atoms with van der Waals surface area (Å²) in [4.78, 5) is 0. The van der Waals surface area contributed by atoms with E-state index in [4.69, 9.17) is 0 Å². The summed E-state index contributed by atoms with van der Waals surface area (Å²) in [6.45, 7) is 2.17. The van der Waals surface area contributed by atoms with E-state index in [-0.39, 0.29) is 0 Å². The largest absolute Gasteiger partial charge is 0.0860 e. The van der Waals surface area contributed by atoms with E-state index in [0.717, 1.165) is 5.75 Å². The van der Waals surface area contributed by atoms with Gasteiger partial charge in [0.15, 0.2) is 0 Å². The highest BCUT2D eigenvalue weighted by molar-refractivity contribution is 9.10. The van der Waals surface area contributed by atoms with Crippen LogP contribution in [0.2, 0.25) is 0 Å². The van der Waals surface area contributed by atoms with Gasteiger partial charge in [-0.3, -0.25) is 0 Å². The first-order chi connectivity index (χ1) is 5.91. The molecule has 0 aliphatic rings. The Labute approximate surface area is 98.2 Å². The van der Waals surface area contributed by atoms with Gasteiger partial charge in [-0.15, -0.1) is 0 Å². The zero-order chi connectivity index (χ0) is 9.07. The zero-order valence-corrected chi connectivity index (χ0v) is 11.9. The van der Waals surface area contributed by atoms with Gasteiger partial charge in [-0.05, 0) is 31.3 Å². The summed E-state index contributed by atoms with van der Waals surface area (Å²) in [6.07, 6.45) is 4.31. The summed E-state index contributed by atoms with van der Waals surface area (Å²) in [5, 5.41) is 2.17. The van der Waals surface area contributed by atoms with Gasteiger partial charge in [-0.2, -0.15) is 0 Å². The van der Waals surface area contributed by atoms with E-state index in [1.54, 1.807) is 21.6 Å². The van der Waals surface area contributed by atoms with Gasteiger partial charge < -0.3 is 0 Å². The van der Waals surface area contributed by atoms with E-state index < -0.39 is 0 Å². The topological polar surface area (TPSA) is 0 Å². The summed E-state index contributed by atoms with van der Waals surface area (Å²) in [5.41, 5.74) is 0. The minimum Gasteiger partial charge on any atom is -0.0860 e. The van der Waals surface area contributed by atoms with E-state index >= 15 is 0 Å². The molecule has 0 saturated heterocycles. The molecule has 0 aliphatic carbocycles. The van der Waals surface area contributed by atoms with Crippen LogP contribution in [0.3, 0.4) is 0 Å². The van der Waals surface area contributed by atoms with Gasteiger partial charge in [0.25, 0.3) is 0 Å². The third-order valence-electron chi connectivity index (χ3n) is 0.637. The van der Waals surface area contributed by atoms with Crippen molar-refractivity contribution in [3.05, 3.63) is 11.5 Å². The SMILES string of the molecule is CCSSSC=CCSSSC. The van der Waals surface area contributed by atoms with Gasteiger partial charge >= 0.3 is 0 Å². The predicted molar refractivity (Wildman–Crippen MR) is 76.0 cm³/mol. The molecule has 0 spiro atoms. The molecule has 12 heavy (non-hydrogen) atoms. The van der Waals surface area contributed by atoms with E-state index in [1.165, 1.54) is 5.75 Å². The molecule has 0 nitrogen and oxygen atoms in total. The van der Waals surface area contributed by atoms with Crippen LogP contribution in [0.15, 0.2) is 11.5 Å². The average Bonchev–Trinajstić information content (AvgIpc) is 2.10. The number of hydrogen-bond acceptors (Lipinski definition) is 6. The van der Waals surface area contributed by atoms with Crippen LogP contribution in [-0.2, 0) is 0 Å². The smallest absolute Gasteiger partial charge is 0.0234 e. The van der Waals surface area contributed by atoms with Crippen LogP contribution in [0.25, 0.3) is 0 Å². The van der Waals surface area contributed by atoms with Gasteiger partial charge in [0.1, 0.15) is 0 Å². The maximum absolute atomic E-state index is 2.21. The monoisotopic (exact) mass is 276 g/mol. The Hall–Kier alpha value is 1.84. The van der Waals surface area contributed by atoms with Gasteiger partial charge in [0, 0.05) is 11.5 Å². The quantitative estimate of drug-likeness (QED) is 0.438. The Balaban J connectivity index is 2.93. The molecule has 72 valence electrons. The minimum absolute atomic E-state index is 1.11. The van der Waals surface area contributed by atoms with Gasteiger partial charge in [-0.25, -0.2) is 0 Å². The fourth-order valence-electron chi connectivity index (χ4n) is 0.292. The lowest BCUT2D eigenvalue weighted by Crippen LogP contribution is -1.60. The molecule has 0 radical (unpaired) electrons. The van der Waals surface area contributed by atoms with E-state index in [0.29, 0.717) is 0 Å². The lowest BCUT2D eigenvalue weighted by Gasteiger charge is -1.91. The standard InChI is InChI=1S/C6H12S6/c1-3-8-12-10-6-4-5-9-11-7-2/h4,6H,3,5H2,1-2H3. The third-order valence-corrected chi connectivity index (χ3v) is 8.25. The van der Waals surface area contributed by atoms with Crippen molar-refractivity contribution in [2.45, 2.75) is 6.92 Å². The molecule has 0 saturated carbocycles. The number of rotatable bonds is 8. The molecule has 0 rings (SSSR count). The molecule has 0 heterocycles. The molecule has 0 bridgehead atoms. The Morgan fingerprint density at radius 1 is 1.17 bits per heavy atom. The molecule has 6 heteroatoms. The van der Waals surface area contributed by atoms with Crippen molar-refractivity contribution in [3.63, 3.8) is 0 Å². The van der Waals surface area contributed by atoms with E-state index in [2.05, 4.69) is 24.7 Å². The highest BCUT2D eigenvalue weighted by Gasteiger charge is 1.84. The normalized spacial score (nSPS) is 11.2. The van der Waals surface area contributed by atoms with Crippen LogP contribution < -0.4 is 0 Å². The first-order valence-electron chi connectivity index (χ1n) is 3.34. The van der Waals surface area contributed by atoms with Crippen molar-refractivity contribution < 1.29 is 0 Å². The van der Waals surface area contributed by atoms with E-state index in [9.17, 15) is 0 Å². The van der Waals surface area contributed by atoms with Gasteiger partial charge in [0.2, 0.25) is 0 Å². The minimum atomic E-state index is 1.11. The number of hydrogen-bond donors (Lipinski definition) is 0. The molecule has 0 N–H and O–H groups in total. The summed E-state index contributed by atoms with van der Waals surface area (Å²) in [5.74, 6) is 2.29. The molecular formula is C6H12S6. The Morgan fingerprint density at radius 3 is 2.67 bits per heavy atom. The van der Waals surface area contributed by atoms with Crippen molar-refractivity contribution in [1.29, 1.82) is 0 Å². The lowest BCUT2D eigenvalue weighted by molar-refractivity contribution is 1.54. The Morgan fingerprint density at radius 2 is 2.00 bits per heavy atom. The zero-order valence-electron chi connectivity index (χ0n) is 7.02. The predicted octanol–water partition coefficient (Wildman–Crippen LogP) is 5.21. The summed E-state index contributed by atoms with van der Waals surface area (Å²) >= 11 is 0. The third kappa shape index (κ3) is 11.8. The summed E-state index contributed by atoms with van der Waals surface area (Å²) < 4.78 is 0. The Kier molecular flexibility index (Phi) is 14.8. The van der Waals surface area contributed by atoms with Gasteiger partial charge in [0.05, 0.1) is 0 Å². The van der Waals surface area contributed by atoms with Crippen LogP contribution in [-0.4, -0.2) is 17.8 Å². The van der Waals surface area contributed by atoms with Crippen LogP contribution in [0.4, 0.5) is 0 Å². The van der Waals surface area contributed by atoms with Crippen molar-refractivity contribution in [1.82, 2.24) is 0 Å².